The number of hydrogen-bond donors (Lipinski definition) is 1. The lowest BCUT2D eigenvalue weighted by Gasteiger charge is -2.10. The van der Waals surface area contributed by atoms with Crippen molar-refractivity contribution in [3.63, 3.8) is 0 Å². The summed E-state index contributed by atoms with van der Waals surface area (Å²) in [5, 5.41) is 3.39. The zero-order valence-corrected chi connectivity index (χ0v) is 10.9. The van der Waals surface area contributed by atoms with Gasteiger partial charge >= 0.3 is 0 Å². The fourth-order valence-corrected chi connectivity index (χ4v) is 2.41. The van der Waals surface area contributed by atoms with E-state index in [0.717, 1.165) is 36.5 Å². The second-order valence-corrected chi connectivity index (χ2v) is 4.91. The fraction of sp³-hybridized carbons (Fsp3) is 0.333. The van der Waals surface area contributed by atoms with Crippen LogP contribution >= 0.6 is 0 Å². The third kappa shape index (κ3) is 2.49. The quantitative estimate of drug-likeness (QED) is 0.898. The van der Waals surface area contributed by atoms with Crippen LogP contribution in [0.4, 0.5) is 4.39 Å². The summed E-state index contributed by atoms with van der Waals surface area (Å²) in [5.41, 5.74) is 2.42. The molecule has 2 heterocycles. The molecular weight excluding hydrogens is 241 g/mol. The molecule has 0 radical (unpaired) electrons. The largest absolute Gasteiger partial charge is 0.307 e. The van der Waals surface area contributed by atoms with Crippen LogP contribution in [0, 0.1) is 12.7 Å². The SMILES string of the molecule is Cc1cc(-c2ccnc(C3CCCN3)n2)ccc1F. The van der Waals surface area contributed by atoms with E-state index in [-0.39, 0.29) is 11.9 Å². The summed E-state index contributed by atoms with van der Waals surface area (Å²) < 4.78 is 13.3. The molecule has 2 aromatic rings. The first-order valence-electron chi connectivity index (χ1n) is 6.57. The number of benzene rings is 1. The molecule has 1 aromatic carbocycles. The van der Waals surface area contributed by atoms with Crippen molar-refractivity contribution in [2.75, 3.05) is 6.54 Å². The van der Waals surface area contributed by atoms with Crippen LogP contribution in [0.5, 0.6) is 0 Å². The number of hydrogen-bond acceptors (Lipinski definition) is 3. The second kappa shape index (κ2) is 5.05. The molecule has 1 saturated heterocycles. The van der Waals surface area contributed by atoms with Crippen LogP contribution in [-0.2, 0) is 0 Å². The smallest absolute Gasteiger partial charge is 0.145 e. The number of rotatable bonds is 2. The summed E-state index contributed by atoms with van der Waals surface area (Å²) in [4.78, 5) is 8.94. The highest BCUT2D eigenvalue weighted by atomic mass is 19.1. The molecule has 1 aliphatic heterocycles. The van der Waals surface area contributed by atoms with Crippen LogP contribution < -0.4 is 5.32 Å². The first kappa shape index (κ1) is 12.2. The number of halogens is 1. The highest BCUT2D eigenvalue weighted by molar-refractivity contribution is 5.59. The lowest BCUT2D eigenvalue weighted by molar-refractivity contribution is 0.605. The molecule has 0 bridgehead atoms. The molecule has 4 heteroatoms. The number of nitrogens with one attached hydrogen (secondary N) is 1. The first-order valence-corrected chi connectivity index (χ1v) is 6.57. The van der Waals surface area contributed by atoms with E-state index in [9.17, 15) is 4.39 Å². The van der Waals surface area contributed by atoms with Crippen molar-refractivity contribution in [2.24, 2.45) is 0 Å². The Labute approximate surface area is 111 Å². The van der Waals surface area contributed by atoms with E-state index in [0.29, 0.717) is 5.56 Å². The van der Waals surface area contributed by atoms with Crippen molar-refractivity contribution in [1.82, 2.24) is 15.3 Å². The van der Waals surface area contributed by atoms with Gasteiger partial charge in [0.2, 0.25) is 0 Å². The Hall–Kier alpha value is -1.81. The Morgan fingerprint density at radius 2 is 2.21 bits per heavy atom. The monoisotopic (exact) mass is 257 g/mol. The van der Waals surface area contributed by atoms with Gasteiger partial charge in [-0.15, -0.1) is 0 Å². The summed E-state index contributed by atoms with van der Waals surface area (Å²) in [6.07, 6.45) is 4.01. The summed E-state index contributed by atoms with van der Waals surface area (Å²) >= 11 is 0. The van der Waals surface area contributed by atoms with Gasteiger partial charge in [0.1, 0.15) is 11.6 Å². The molecule has 0 spiro atoms. The van der Waals surface area contributed by atoms with Crippen molar-refractivity contribution in [1.29, 1.82) is 0 Å². The van der Waals surface area contributed by atoms with E-state index in [4.69, 9.17) is 0 Å². The van der Waals surface area contributed by atoms with E-state index in [1.54, 1.807) is 19.2 Å². The van der Waals surface area contributed by atoms with Crippen molar-refractivity contribution in [3.05, 3.63) is 47.7 Å². The minimum Gasteiger partial charge on any atom is -0.307 e. The zero-order chi connectivity index (χ0) is 13.2. The van der Waals surface area contributed by atoms with E-state index in [2.05, 4.69) is 15.3 Å². The van der Waals surface area contributed by atoms with Crippen LogP contribution in [0.3, 0.4) is 0 Å². The molecule has 1 aliphatic rings. The lowest BCUT2D eigenvalue weighted by Crippen LogP contribution is -2.15. The summed E-state index contributed by atoms with van der Waals surface area (Å²) in [6, 6.07) is 7.19. The Morgan fingerprint density at radius 3 is 2.95 bits per heavy atom. The molecule has 0 amide bonds. The third-order valence-corrected chi connectivity index (χ3v) is 3.50. The standard InChI is InChI=1S/C15H16FN3/c1-10-9-11(4-5-12(10)16)13-6-8-18-15(19-13)14-3-2-7-17-14/h4-6,8-9,14,17H,2-3,7H2,1H3. The summed E-state index contributed by atoms with van der Waals surface area (Å²) in [6.45, 7) is 2.79. The van der Waals surface area contributed by atoms with Gasteiger partial charge in [0, 0.05) is 11.8 Å². The molecule has 1 fully saturated rings. The number of aryl methyl sites for hydroxylation is 1. The van der Waals surface area contributed by atoms with Gasteiger partial charge in [-0.1, -0.05) is 0 Å². The maximum Gasteiger partial charge on any atom is 0.145 e. The van der Waals surface area contributed by atoms with Crippen LogP contribution in [0.15, 0.2) is 30.5 Å². The first-order chi connectivity index (χ1) is 9.24. The predicted octanol–water partition coefficient (Wildman–Crippen LogP) is 3.02. The van der Waals surface area contributed by atoms with Crippen LogP contribution in [0.1, 0.15) is 30.3 Å². The van der Waals surface area contributed by atoms with Crippen molar-refractivity contribution in [2.45, 2.75) is 25.8 Å². The fourth-order valence-electron chi connectivity index (χ4n) is 2.41. The number of aromatic nitrogens is 2. The van der Waals surface area contributed by atoms with Gasteiger partial charge in [0.25, 0.3) is 0 Å². The molecule has 3 nitrogen and oxygen atoms in total. The van der Waals surface area contributed by atoms with Gasteiger partial charge in [0.05, 0.1) is 11.7 Å². The van der Waals surface area contributed by atoms with Gasteiger partial charge in [-0.05, 0) is 56.1 Å². The molecule has 19 heavy (non-hydrogen) atoms. The van der Waals surface area contributed by atoms with Gasteiger partial charge in [-0.3, -0.25) is 0 Å². The molecule has 1 aromatic heterocycles. The maximum absolute atomic E-state index is 13.3. The predicted molar refractivity (Wildman–Crippen MR) is 72.1 cm³/mol. The van der Waals surface area contributed by atoms with Crippen molar-refractivity contribution in [3.8, 4) is 11.3 Å². The van der Waals surface area contributed by atoms with E-state index < -0.39 is 0 Å². The third-order valence-electron chi connectivity index (χ3n) is 3.50. The van der Waals surface area contributed by atoms with Crippen LogP contribution in [-0.4, -0.2) is 16.5 Å². The Morgan fingerprint density at radius 1 is 1.32 bits per heavy atom. The number of nitrogens with zero attached hydrogens (tertiary/aromatic N) is 2. The van der Waals surface area contributed by atoms with Crippen LogP contribution in [0.25, 0.3) is 11.3 Å². The van der Waals surface area contributed by atoms with Crippen molar-refractivity contribution >= 4 is 0 Å². The summed E-state index contributed by atoms with van der Waals surface area (Å²) in [7, 11) is 0. The molecule has 1 atom stereocenters. The normalized spacial score (nSPS) is 18.7. The molecule has 98 valence electrons. The minimum absolute atomic E-state index is 0.185. The van der Waals surface area contributed by atoms with E-state index >= 15 is 0 Å². The van der Waals surface area contributed by atoms with Gasteiger partial charge in [0.15, 0.2) is 0 Å². The zero-order valence-electron chi connectivity index (χ0n) is 10.9. The highest BCUT2D eigenvalue weighted by Gasteiger charge is 2.19. The topological polar surface area (TPSA) is 37.8 Å². The minimum atomic E-state index is -0.185. The average molecular weight is 257 g/mol. The Kier molecular flexibility index (Phi) is 3.25. The van der Waals surface area contributed by atoms with Gasteiger partial charge in [-0.2, -0.15) is 0 Å². The van der Waals surface area contributed by atoms with E-state index in [1.807, 2.05) is 12.1 Å². The maximum atomic E-state index is 13.3. The Bertz CT molecular complexity index is 592. The molecule has 0 saturated carbocycles. The van der Waals surface area contributed by atoms with Crippen molar-refractivity contribution < 1.29 is 4.39 Å². The molecular formula is C15H16FN3. The van der Waals surface area contributed by atoms with Gasteiger partial charge in [-0.25, -0.2) is 14.4 Å². The van der Waals surface area contributed by atoms with E-state index in [1.165, 1.54) is 6.07 Å². The average Bonchev–Trinajstić information content (AvgIpc) is 2.96. The second-order valence-electron chi connectivity index (χ2n) is 4.91. The molecule has 1 N–H and O–H groups in total. The highest BCUT2D eigenvalue weighted by Crippen LogP contribution is 2.24. The molecule has 1 unspecified atom stereocenters. The molecule has 3 rings (SSSR count). The summed E-state index contributed by atoms with van der Waals surface area (Å²) in [5.74, 6) is 0.646. The van der Waals surface area contributed by atoms with Crippen LogP contribution in [0.2, 0.25) is 0 Å². The lowest BCUT2D eigenvalue weighted by atomic mass is 10.1. The van der Waals surface area contributed by atoms with Gasteiger partial charge < -0.3 is 5.32 Å². The molecule has 0 aliphatic carbocycles. The Balaban J connectivity index is 1.95.